The molecule has 0 aliphatic heterocycles. The molecule has 0 spiro atoms. The molecular weight excluding hydrogens is 1310 g/mol. The van der Waals surface area contributed by atoms with Gasteiger partial charge in [-0.25, -0.2) is 0 Å². The molecule has 528 valence electrons. The smallest absolute Gasteiger partial charge is 0.872 e. The van der Waals surface area contributed by atoms with Gasteiger partial charge in [0.2, 0.25) is 0 Å². The van der Waals surface area contributed by atoms with Crippen molar-refractivity contribution in [2.24, 2.45) is 20.0 Å². The maximum Gasteiger partial charge on any atom is 3.00 e. The van der Waals surface area contributed by atoms with E-state index in [2.05, 4.69) is 252 Å². The third-order valence-electron chi connectivity index (χ3n) is 17.4. The van der Waals surface area contributed by atoms with E-state index in [4.69, 9.17) is 20.0 Å². The minimum Gasteiger partial charge on any atom is -0.872 e. The first-order chi connectivity index (χ1) is 42.6. The summed E-state index contributed by atoms with van der Waals surface area (Å²) in [4.78, 5) is 19.9. The van der Waals surface area contributed by atoms with Crippen molar-refractivity contribution in [2.75, 3.05) is 0 Å². The van der Waals surface area contributed by atoms with Crippen LogP contribution in [0.25, 0.3) is 9.30 Å². The van der Waals surface area contributed by atoms with Crippen molar-refractivity contribution >= 4 is 60.7 Å². The molecule has 6 rings (SSSR count). The fourth-order valence-corrected chi connectivity index (χ4v) is 21.3. The van der Waals surface area contributed by atoms with E-state index in [0.29, 0.717) is 22.3 Å². The molecule has 4 aromatic rings. The molecular formula is C80H132N6O4Sc2Si4. The molecule has 4 atom stereocenters. The molecule has 2 fully saturated rings. The zero-order valence-corrected chi connectivity index (χ0v) is 74.9. The summed E-state index contributed by atoms with van der Waals surface area (Å²) in [7, 11) is -2.17. The van der Waals surface area contributed by atoms with Gasteiger partial charge in [0.25, 0.3) is 0 Å². The maximum absolute atomic E-state index is 13.5. The first-order valence-electron chi connectivity index (χ1n) is 35.6. The zero-order chi connectivity index (χ0) is 72.2. The second-order valence-corrected chi connectivity index (χ2v) is 47.5. The van der Waals surface area contributed by atoms with Crippen molar-refractivity contribution < 1.29 is 72.1 Å². The normalized spacial score (nSPS) is 18.0. The van der Waals surface area contributed by atoms with Gasteiger partial charge in [0.05, 0.1) is 24.2 Å². The van der Waals surface area contributed by atoms with E-state index >= 15 is 0 Å². The van der Waals surface area contributed by atoms with Crippen LogP contribution in [0.4, 0.5) is 0 Å². The number of aliphatic imine (C=N–C) groups is 4. The topological polar surface area (TPSA) is 170 Å². The van der Waals surface area contributed by atoms with Gasteiger partial charge < -0.3 is 29.7 Å². The van der Waals surface area contributed by atoms with Gasteiger partial charge in [-0.05, 0) is 136 Å². The Bertz CT molecular complexity index is 2790. The van der Waals surface area contributed by atoms with E-state index in [1.54, 1.807) is 24.9 Å². The van der Waals surface area contributed by atoms with Gasteiger partial charge in [-0.3, -0.25) is 20.0 Å². The summed E-state index contributed by atoms with van der Waals surface area (Å²) in [5.74, 6) is 0.240. The Morgan fingerprint density at radius 3 is 0.562 bits per heavy atom. The number of benzene rings is 4. The van der Waals surface area contributed by atoms with Crippen LogP contribution in [0.15, 0.2) is 68.5 Å². The Balaban J connectivity index is 0.000000785. The maximum atomic E-state index is 13.5. The average molecular weight is 1440 g/mol. The van der Waals surface area contributed by atoms with Crippen molar-refractivity contribution in [1.29, 1.82) is 0 Å². The van der Waals surface area contributed by atoms with Gasteiger partial charge in [0.1, 0.15) is 0 Å². The molecule has 2 aliphatic carbocycles. The van der Waals surface area contributed by atoms with Crippen LogP contribution in [0.2, 0.25) is 52.4 Å². The van der Waals surface area contributed by atoms with Crippen molar-refractivity contribution in [3.63, 3.8) is 0 Å². The van der Waals surface area contributed by atoms with Crippen molar-refractivity contribution in [3.05, 3.63) is 125 Å². The van der Waals surface area contributed by atoms with Gasteiger partial charge in [-0.1, -0.05) is 352 Å². The van der Waals surface area contributed by atoms with Crippen LogP contribution in [0, 0.1) is 0 Å². The van der Waals surface area contributed by atoms with Crippen LogP contribution >= 0.6 is 0 Å². The second-order valence-electron chi connectivity index (χ2n) is 36.4. The predicted octanol–water partition coefficient (Wildman–Crippen LogP) is 18.4. The average Bonchev–Trinajstić information content (AvgIpc) is 0.812. The number of hydrogen-bond donors (Lipinski definition) is 0. The molecule has 0 aromatic heterocycles. The molecule has 2 aliphatic rings. The third-order valence-corrected chi connectivity index (χ3v) is 26.9. The SMILES string of the molecule is CC(C)(C)c1cc(C=N[C@@H]2CCCC[C@H]2N=Cc2cc(C(C)(C)C)cc(C(C)(C)C)c2[O-])c([O-])c(C(C)(C)C)c1.CC(C)(C)c1cc(C=N[C@@H]2CCCC[C@H]2N=Cc2cc(C(C)(C)C)cc(C(C)(C)C)c2[O-])c([O-])c(C(C)(C)C)c1.C[SiH](C)[N-][SiH](C)C.C[SiH](C)[N-][SiH](C)C.[Sc+3].[Sc+3]. The first kappa shape index (κ1) is 91.3. The Kier molecular flexibility index (Phi) is 35.6. The fourth-order valence-electron chi connectivity index (χ4n) is 11.7. The third kappa shape index (κ3) is 29.3. The predicted molar refractivity (Wildman–Crippen MR) is 418 cm³/mol. The molecule has 0 amide bonds. The van der Waals surface area contributed by atoms with Crippen LogP contribution in [0.5, 0.6) is 23.0 Å². The summed E-state index contributed by atoms with van der Waals surface area (Å²) in [5, 5.41) is 53.9. The van der Waals surface area contributed by atoms with Gasteiger partial charge >= 0.3 is 51.7 Å². The number of nitrogens with zero attached hydrogens (tertiary/aromatic N) is 6. The van der Waals surface area contributed by atoms with E-state index in [1.165, 1.54) is 0 Å². The molecule has 0 unspecified atom stereocenters. The number of hydrogen-bond acceptors (Lipinski definition) is 8. The fraction of sp³-hybridized carbons (Fsp3) is 0.650. The Morgan fingerprint density at radius 2 is 0.448 bits per heavy atom. The molecule has 0 saturated heterocycles. The monoisotopic (exact) mass is 1440 g/mol. The molecule has 0 radical (unpaired) electrons. The van der Waals surface area contributed by atoms with E-state index in [-0.39, 0.29) is 142 Å². The van der Waals surface area contributed by atoms with Crippen molar-refractivity contribution in [3.8, 4) is 23.0 Å². The standard InChI is InChI=1S/2C36H54N2O2.2C4H14NSi2.2Sc/c2*1-33(2,3)25-17-23(31(39)27(19-25)35(7,8)9)21-37-29-15-13-14-16-30(29)38-22-24-18-26(34(4,5)6)20-28(32(24)40)36(10,11)12;2*1-6(2)5-7(3)4;;/h2*17-22,29-30,39-40H,13-16H2,1-12H3;2*6-7H,1-4H3;;/q;;2*-1;2*+3/p-4/t2*29-,30-;;;;/m11..../s1. The Labute approximate surface area is 632 Å². The summed E-state index contributed by atoms with van der Waals surface area (Å²) in [6.07, 6.45) is 15.3. The number of rotatable bonds is 12. The Morgan fingerprint density at radius 1 is 0.292 bits per heavy atom. The van der Waals surface area contributed by atoms with Crippen LogP contribution in [-0.4, -0.2) is 84.9 Å². The van der Waals surface area contributed by atoms with Gasteiger partial charge in [-0.15, -0.1) is 0 Å². The van der Waals surface area contributed by atoms with Crippen LogP contribution in [0.1, 0.15) is 284 Å². The minimum atomic E-state index is -0.542. The first-order valence-corrected chi connectivity index (χ1v) is 46.9. The molecule has 16 heteroatoms. The minimum absolute atomic E-state index is 0. The molecule has 0 heterocycles. The molecule has 0 bridgehead atoms. The summed E-state index contributed by atoms with van der Waals surface area (Å²) in [5.41, 5.74) is 9.24. The molecule has 0 N–H and O–H groups in total. The van der Waals surface area contributed by atoms with Gasteiger partial charge in [0, 0.05) is 24.9 Å². The summed E-state index contributed by atoms with van der Waals surface area (Å²) in [6, 6.07) is 16.3. The van der Waals surface area contributed by atoms with E-state index in [1.807, 2.05) is 24.3 Å². The Hall–Kier alpha value is -2.71. The van der Waals surface area contributed by atoms with Crippen molar-refractivity contribution in [2.45, 2.75) is 337 Å². The van der Waals surface area contributed by atoms with E-state index < -0.39 is 35.8 Å². The molecule has 96 heavy (non-hydrogen) atoms. The van der Waals surface area contributed by atoms with Crippen LogP contribution in [-0.2, 0) is 95.0 Å². The van der Waals surface area contributed by atoms with Crippen LogP contribution in [0.3, 0.4) is 0 Å². The quantitative estimate of drug-likeness (QED) is 0.102. The van der Waals surface area contributed by atoms with Crippen molar-refractivity contribution in [1.82, 2.24) is 0 Å². The summed E-state index contributed by atoms with van der Waals surface area (Å²) < 4.78 is 9.11. The van der Waals surface area contributed by atoms with E-state index in [9.17, 15) is 20.4 Å². The van der Waals surface area contributed by atoms with E-state index in [0.717, 1.165) is 95.9 Å². The molecule has 4 aromatic carbocycles. The summed E-state index contributed by atoms with van der Waals surface area (Å²) in [6.45, 7) is 69.4. The van der Waals surface area contributed by atoms with Gasteiger partial charge in [0.15, 0.2) is 0 Å². The molecule has 10 nitrogen and oxygen atoms in total. The summed E-state index contributed by atoms with van der Waals surface area (Å²) >= 11 is 0. The van der Waals surface area contributed by atoms with Gasteiger partial charge in [-0.2, -0.15) is 0 Å². The molecule has 2 saturated carbocycles. The zero-order valence-electron chi connectivity index (χ0n) is 66.7. The largest absolute Gasteiger partial charge is 3.00 e. The second kappa shape index (κ2) is 37.5. The van der Waals surface area contributed by atoms with Crippen LogP contribution < -0.4 is 20.4 Å².